The lowest BCUT2D eigenvalue weighted by Gasteiger charge is -1.98. The third-order valence-corrected chi connectivity index (χ3v) is 2.31. The minimum Gasteiger partial charge on any atom is -0.275 e. The monoisotopic (exact) mass is 222 g/mol. The van der Waals surface area contributed by atoms with Crippen molar-refractivity contribution in [1.82, 2.24) is 19.7 Å². The first-order valence-electron chi connectivity index (χ1n) is 4.72. The number of hydrogen-bond acceptors (Lipinski definition) is 3. The molecular formula is C10H11ClN4. The Morgan fingerprint density at radius 1 is 1.47 bits per heavy atom. The molecule has 5 heteroatoms. The summed E-state index contributed by atoms with van der Waals surface area (Å²) in [5.41, 5.74) is 1.93. The lowest BCUT2D eigenvalue weighted by molar-refractivity contribution is 0.746. The highest BCUT2D eigenvalue weighted by atomic mass is 35.5. The Kier molecular flexibility index (Phi) is 2.68. The van der Waals surface area contributed by atoms with Gasteiger partial charge in [-0.3, -0.25) is 4.68 Å². The average Bonchev–Trinajstić information content (AvgIpc) is 2.59. The van der Waals surface area contributed by atoms with Crippen LogP contribution in [0.4, 0.5) is 0 Å². The van der Waals surface area contributed by atoms with Crippen LogP contribution in [0.15, 0.2) is 18.5 Å². The van der Waals surface area contributed by atoms with Gasteiger partial charge in [0.1, 0.15) is 5.15 Å². The normalized spacial score (nSPS) is 10.6. The Morgan fingerprint density at radius 2 is 2.27 bits per heavy atom. The second-order valence-corrected chi connectivity index (χ2v) is 3.61. The van der Waals surface area contributed by atoms with Gasteiger partial charge in [0.25, 0.3) is 0 Å². The molecule has 4 nitrogen and oxygen atoms in total. The van der Waals surface area contributed by atoms with Gasteiger partial charge in [0, 0.05) is 19.4 Å². The summed E-state index contributed by atoms with van der Waals surface area (Å²) in [7, 11) is 1.88. The molecule has 15 heavy (non-hydrogen) atoms. The zero-order valence-corrected chi connectivity index (χ0v) is 9.36. The molecule has 0 aromatic carbocycles. The van der Waals surface area contributed by atoms with Crippen molar-refractivity contribution >= 4 is 11.6 Å². The lowest BCUT2D eigenvalue weighted by atomic mass is 10.2. The van der Waals surface area contributed by atoms with E-state index in [0.717, 1.165) is 17.7 Å². The molecular weight excluding hydrogens is 212 g/mol. The van der Waals surface area contributed by atoms with Crippen molar-refractivity contribution in [3.63, 3.8) is 0 Å². The first kappa shape index (κ1) is 10.1. The molecule has 0 aliphatic carbocycles. The maximum atomic E-state index is 5.82. The van der Waals surface area contributed by atoms with Crippen molar-refractivity contribution in [3.05, 3.63) is 29.3 Å². The molecule has 0 saturated heterocycles. The van der Waals surface area contributed by atoms with Gasteiger partial charge < -0.3 is 0 Å². The average molecular weight is 223 g/mol. The van der Waals surface area contributed by atoms with Crippen molar-refractivity contribution in [3.8, 4) is 11.4 Å². The summed E-state index contributed by atoms with van der Waals surface area (Å²) < 4.78 is 1.76. The van der Waals surface area contributed by atoms with E-state index in [-0.39, 0.29) is 0 Å². The van der Waals surface area contributed by atoms with E-state index >= 15 is 0 Å². The molecule has 0 radical (unpaired) electrons. The number of aromatic nitrogens is 4. The summed E-state index contributed by atoms with van der Waals surface area (Å²) in [5, 5.41) is 4.78. The van der Waals surface area contributed by atoms with Crippen LogP contribution in [-0.2, 0) is 13.5 Å². The predicted molar refractivity (Wildman–Crippen MR) is 58.6 cm³/mol. The smallest absolute Gasteiger partial charge is 0.164 e. The summed E-state index contributed by atoms with van der Waals surface area (Å²) in [6.07, 6.45) is 4.41. The highest BCUT2D eigenvalue weighted by Gasteiger charge is 2.10. The van der Waals surface area contributed by atoms with Crippen LogP contribution < -0.4 is 0 Å². The van der Waals surface area contributed by atoms with Gasteiger partial charge in [0.15, 0.2) is 5.82 Å². The fourth-order valence-corrected chi connectivity index (χ4v) is 1.59. The summed E-state index contributed by atoms with van der Waals surface area (Å²) >= 11 is 5.82. The Labute approximate surface area is 92.9 Å². The Balaban J connectivity index is 2.53. The van der Waals surface area contributed by atoms with Crippen molar-refractivity contribution in [2.24, 2.45) is 7.05 Å². The third-order valence-electron chi connectivity index (χ3n) is 2.10. The van der Waals surface area contributed by atoms with Crippen LogP contribution in [0.5, 0.6) is 0 Å². The number of nitrogens with zero attached hydrogens (tertiary/aromatic N) is 4. The van der Waals surface area contributed by atoms with E-state index in [0.29, 0.717) is 11.0 Å². The Hall–Kier alpha value is -1.42. The van der Waals surface area contributed by atoms with Gasteiger partial charge in [-0.15, -0.1) is 0 Å². The van der Waals surface area contributed by atoms with E-state index < -0.39 is 0 Å². The molecule has 0 aliphatic heterocycles. The van der Waals surface area contributed by atoms with Crippen LogP contribution in [0.25, 0.3) is 11.4 Å². The molecule has 0 saturated carbocycles. The van der Waals surface area contributed by atoms with Crippen LogP contribution in [0.1, 0.15) is 12.6 Å². The summed E-state index contributed by atoms with van der Waals surface area (Å²) in [4.78, 5) is 8.35. The topological polar surface area (TPSA) is 43.6 Å². The minimum atomic E-state index is 0.450. The van der Waals surface area contributed by atoms with E-state index in [2.05, 4.69) is 22.0 Å². The highest BCUT2D eigenvalue weighted by Crippen LogP contribution is 2.20. The molecule has 2 rings (SSSR count). The molecule has 78 valence electrons. The fourth-order valence-electron chi connectivity index (χ4n) is 1.45. The van der Waals surface area contributed by atoms with Crippen molar-refractivity contribution < 1.29 is 0 Å². The van der Waals surface area contributed by atoms with Gasteiger partial charge in [0.2, 0.25) is 0 Å². The van der Waals surface area contributed by atoms with Crippen LogP contribution in [0, 0.1) is 0 Å². The second kappa shape index (κ2) is 3.98. The molecule has 0 N–H and O–H groups in total. The van der Waals surface area contributed by atoms with Crippen molar-refractivity contribution in [2.45, 2.75) is 13.3 Å². The standard InChI is InChI=1S/C10H11ClN4/c1-3-8-7(6-15(2)14-8)10-12-5-4-9(11)13-10/h4-6H,3H2,1-2H3. The van der Waals surface area contributed by atoms with Gasteiger partial charge in [-0.1, -0.05) is 18.5 Å². The number of rotatable bonds is 2. The second-order valence-electron chi connectivity index (χ2n) is 3.22. The van der Waals surface area contributed by atoms with Gasteiger partial charge in [-0.05, 0) is 12.5 Å². The molecule has 0 unspecified atom stereocenters. The number of halogens is 1. The predicted octanol–water partition coefficient (Wildman–Crippen LogP) is 2.09. The number of aryl methyl sites for hydroxylation is 2. The largest absolute Gasteiger partial charge is 0.275 e. The number of hydrogen-bond donors (Lipinski definition) is 0. The maximum absolute atomic E-state index is 5.82. The first-order chi connectivity index (χ1) is 7.20. The molecule has 0 atom stereocenters. The van der Waals surface area contributed by atoms with E-state index in [1.54, 1.807) is 16.9 Å². The first-order valence-corrected chi connectivity index (χ1v) is 5.10. The van der Waals surface area contributed by atoms with Crippen molar-refractivity contribution in [1.29, 1.82) is 0 Å². The van der Waals surface area contributed by atoms with Crippen LogP contribution in [0.2, 0.25) is 5.15 Å². The van der Waals surface area contributed by atoms with Crippen LogP contribution in [0.3, 0.4) is 0 Å². The zero-order chi connectivity index (χ0) is 10.8. The van der Waals surface area contributed by atoms with Gasteiger partial charge in [-0.25, -0.2) is 9.97 Å². The van der Waals surface area contributed by atoms with Gasteiger partial charge in [-0.2, -0.15) is 5.10 Å². The Bertz CT molecular complexity index is 478. The lowest BCUT2D eigenvalue weighted by Crippen LogP contribution is -1.91. The van der Waals surface area contributed by atoms with E-state index in [1.165, 1.54) is 0 Å². The van der Waals surface area contributed by atoms with Crippen LogP contribution in [-0.4, -0.2) is 19.7 Å². The van der Waals surface area contributed by atoms with E-state index in [1.807, 2.05) is 13.2 Å². The Morgan fingerprint density at radius 3 is 2.93 bits per heavy atom. The molecule has 0 spiro atoms. The molecule has 2 heterocycles. The molecule has 0 amide bonds. The minimum absolute atomic E-state index is 0.450. The van der Waals surface area contributed by atoms with E-state index in [9.17, 15) is 0 Å². The van der Waals surface area contributed by atoms with Gasteiger partial charge >= 0.3 is 0 Å². The molecule has 0 aliphatic rings. The molecule has 2 aromatic rings. The quantitative estimate of drug-likeness (QED) is 0.731. The summed E-state index contributed by atoms with van der Waals surface area (Å²) in [6.45, 7) is 2.05. The van der Waals surface area contributed by atoms with Crippen molar-refractivity contribution in [2.75, 3.05) is 0 Å². The zero-order valence-electron chi connectivity index (χ0n) is 8.61. The highest BCUT2D eigenvalue weighted by molar-refractivity contribution is 6.29. The van der Waals surface area contributed by atoms with E-state index in [4.69, 9.17) is 11.6 Å². The molecule has 0 fully saturated rings. The maximum Gasteiger partial charge on any atom is 0.164 e. The van der Waals surface area contributed by atoms with Gasteiger partial charge in [0.05, 0.1) is 11.3 Å². The molecule has 2 aromatic heterocycles. The fraction of sp³-hybridized carbons (Fsp3) is 0.300. The third kappa shape index (κ3) is 1.99. The molecule has 0 bridgehead atoms. The van der Waals surface area contributed by atoms with Crippen LogP contribution >= 0.6 is 11.6 Å². The SMILES string of the molecule is CCc1nn(C)cc1-c1nccc(Cl)n1. The summed E-state index contributed by atoms with van der Waals surface area (Å²) in [5.74, 6) is 0.632. The summed E-state index contributed by atoms with van der Waals surface area (Å²) in [6, 6.07) is 1.66.